The first kappa shape index (κ1) is 13.6. The van der Waals surface area contributed by atoms with Crippen LogP contribution in [0.3, 0.4) is 0 Å². The number of ether oxygens (including phenoxy) is 2. The number of carbonyl (C=O) groups excluding carboxylic acids is 1. The largest absolute Gasteiger partial charge is 0.495 e. The summed E-state index contributed by atoms with van der Waals surface area (Å²) in [6.45, 7) is 0.690. The maximum absolute atomic E-state index is 12.4. The quantitative estimate of drug-likeness (QED) is 0.783. The summed E-state index contributed by atoms with van der Waals surface area (Å²) in [5.41, 5.74) is 2.10. The van der Waals surface area contributed by atoms with Crippen molar-refractivity contribution >= 4 is 33.0 Å². The Morgan fingerprint density at radius 3 is 3.15 bits per heavy atom. The fourth-order valence-electron chi connectivity index (χ4n) is 2.39. The van der Waals surface area contributed by atoms with Gasteiger partial charge in [0, 0.05) is 22.9 Å². The van der Waals surface area contributed by atoms with Gasteiger partial charge in [-0.2, -0.15) is 0 Å². The summed E-state index contributed by atoms with van der Waals surface area (Å²) in [4.78, 5) is 13.1. The third-order valence-electron chi connectivity index (χ3n) is 3.28. The lowest BCUT2D eigenvalue weighted by Crippen LogP contribution is -2.04. The van der Waals surface area contributed by atoms with Gasteiger partial charge in [0.25, 0.3) is 0 Å². The molecule has 0 fully saturated rings. The summed E-state index contributed by atoms with van der Waals surface area (Å²) < 4.78 is 11.9. The second-order valence-electron chi connectivity index (χ2n) is 4.57. The molecule has 0 saturated heterocycles. The zero-order valence-corrected chi connectivity index (χ0v) is 13.3. The number of carbonyl (C=O) groups is 1. The number of benzene rings is 1. The molecule has 0 radical (unpaired) electrons. The molecule has 0 unspecified atom stereocenters. The standard InChI is InChI=1S/C15H13BrO3S/c1-18-13-3-5-20-15(13)12(17)8-10-7-11(16)6-9-2-4-19-14(9)10/h3,5-7H,2,4,8H2,1H3. The second kappa shape index (κ2) is 5.58. The predicted octanol–water partition coefficient (Wildman–Crippen LogP) is 3.88. The molecule has 0 spiro atoms. The Morgan fingerprint density at radius 2 is 2.35 bits per heavy atom. The average Bonchev–Trinajstić information content (AvgIpc) is 3.06. The van der Waals surface area contributed by atoms with Gasteiger partial charge in [0.1, 0.15) is 16.4 Å². The summed E-state index contributed by atoms with van der Waals surface area (Å²) >= 11 is 4.91. The molecule has 0 atom stereocenters. The summed E-state index contributed by atoms with van der Waals surface area (Å²) in [5.74, 6) is 1.58. The first-order chi connectivity index (χ1) is 9.69. The van der Waals surface area contributed by atoms with E-state index in [2.05, 4.69) is 22.0 Å². The maximum atomic E-state index is 12.4. The molecule has 0 bridgehead atoms. The lowest BCUT2D eigenvalue weighted by molar-refractivity contribution is 0.0993. The van der Waals surface area contributed by atoms with Crippen molar-refractivity contribution in [2.24, 2.45) is 0 Å². The molecule has 3 nitrogen and oxygen atoms in total. The molecule has 5 heteroatoms. The van der Waals surface area contributed by atoms with Crippen molar-refractivity contribution in [1.82, 2.24) is 0 Å². The summed E-state index contributed by atoms with van der Waals surface area (Å²) in [7, 11) is 1.58. The number of ketones is 1. The molecule has 104 valence electrons. The van der Waals surface area contributed by atoms with Crippen LogP contribution in [0.15, 0.2) is 28.1 Å². The molecular formula is C15H13BrO3S. The highest BCUT2D eigenvalue weighted by Crippen LogP contribution is 2.35. The van der Waals surface area contributed by atoms with E-state index in [4.69, 9.17) is 9.47 Å². The zero-order chi connectivity index (χ0) is 14.1. The number of Topliss-reactive ketones (excluding diaryl/α,β-unsaturated/α-hetero) is 1. The molecule has 2 heterocycles. The van der Waals surface area contributed by atoms with Crippen LogP contribution in [0.4, 0.5) is 0 Å². The Kier molecular flexibility index (Phi) is 3.81. The van der Waals surface area contributed by atoms with Crippen molar-refractivity contribution < 1.29 is 14.3 Å². The van der Waals surface area contributed by atoms with Crippen LogP contribution in [0, 0.1) is 0 Å². The minimum absolute atomic E-state index is 0.0626. The fraction of sp³-hybridized carbons (Fsp3) is 0.267. The normalized spacial score (nSPS) is 12.9. The molecule has 0 saturated carbocycles. The van der Waals surface area contributed by atoms with Crippen LogP contribution < -0.4 is 9.47 Å². The Morgan fingerprint density at radius 1 is 1.50 bits per heavy atom. The van der Waals surface area contributed by atoms with E-state index < -0.39 is 0 Å². The van der Waals surface area contributed by atoms with E-state index in [1.54, 1.807) is 7.11 Å². The first-order valence-corrected chi connectivity index (χ1v) is 7.95. The minimum Gasteiger partial charge on any atom is -0.495 e. The van der Waals surface area contributed by atoms with Gasteiger partial charge < -0.3 is 9.47 Å². The van der Waals surface area contributed by atoms with Crippen LogP contribution >= 0.6 is 27.3 Å². The van der Waals surface area contributed by atoms with Crippen molar-refractivity contribution in [3.63, 3.8) is 0 Å². The minimum atomic E-state index is 0.0626. The molecule has 2 aromatic rings. The predicted molar refractivity (Wildman–Crippen MR) is 82.2 cm³/mol. The van der Waals surface area contributed by atoms with E-state index in [1.807, 2.05) is 17.5 Å². The van der Waals surface area contributed by atoms with Gasteiger partial charge in [-0.3, -0.25) is 4.79 Å². The molecule has 3 rings (SSSR count). The number of halogens is 1. The lowest BCUT2D eigenvalue weighted by Gasteiger charge is -2.08. The second-order valence-corrected chi connectivity index (χ2v) is 6.40. The van der Waals surface area contributed by atoms with E-state index in [0.29, 0.717) is 23.7 Å². The van der Waals surface area contributed by atoms with Crippen LogP contribution in [0.25, 0.3) is 0 Å². The summed E-state index contributed by atoms with van der Waals surface area (Å²) in [6, 6.07) is 5.84. The summed E-state index contributed by atoms with van der Waals surface area (Å²) in [5, 5.41) is 1.87. The van der Waals surface area contributed by atoms with Crippen LogP contribution in [-0.2, 0) is 12.8 Å². The lowest BCUT2D eigenvalue weighted by atomic mass is 10.0. The van der Waals surface area contributed by atoms with Crippen LogP contribution in [-0.4, -0.2) is 19.5 Å². The third kappa shape index (κ3) is 2.47. The van der Waals surface area contributed by atoms with Gasteiger partial charge in [-0.05, 0) is 29.1 Å². The number of fused-ring (bicyclic) bond motifs is 1. The van der Waals surface area contributed by atoms with Crippen molar-refractivity contribution in [2.45, 2.75) is 12.8 Å². The molecule has 1 aromatic heterocycles. The third-order valence-corrected chi connectivity index (χ3v) is 4.67. The Hall–Kier alpha value is -1.33. The molecule has 1 aromatic carbocycles. The highest BCUT2D eigenvalue weighted by Gasteiger charge is 2.21. The zero-order valence-electron chi connectivity index (χ0n) is 10.9. The van der Waals surface area contributed by atoms with E-state index >= 15 is 0 Å². The van der Waals surface area contributed by atoms with E-state index in [1.165, 1.54) is 16.9 Å². The molecule has 1 aliphatic rings. The van der Waals surface area contributed by atoms with Gasteiger partial charge in [-0.15, -0.1) is 11.3 Å². The Bertz CT molecular complexity index is 663. The average molecular weight is 353 g/mol. The first-order valence-electron chi connectivity index (χ1n) is 6.28. The number of hydrogen-bond acceptors (Lipinski definition) is 4. The molecule has 20 heavy (non-hydrogen) atoms. The number of rotatable bonds is 4. The van der Waals surface area contributed by atoms with Gasteiger partial charge in [0.2, 0.25) is 0 Å². The van der Waals surface area contributed by atoms with Gasteiger partial charge in [-0.1, -0.05) is 15.9 Å². The van der Waals surface area contributed by atoms with Gasteiger partial charge in [0.05, 0.1) is 13.7 Å². The SMILES string of the molecule is COc1ccsc1C(=O)Cc1cc(Br)cc2c1OCC2. The topological polar surface area (TPSA) is 35.5 Å². The molecule has 0 N–H and O–H groups in total. The number of hydrogen-bond donors (Lipinski definition) is 0. The fourth-order valence-corrected chi connectivity index (χ4v) is 3.74. The van der Waals surface area contributed by atoms with E-state index in [0.717, 1.165) is 22.2 Å². The number of methoxy groups -OCH3 is 1. The highest BCUT2D eigenvalue weighted by atomic mass is 79.9. The van der Waals surface area contributed by atoms with Gasteiger partial charge in [0.15, 0.2) is 5.78 Å². The number of thiophene rings is 1. The smallest absolute Gasteiger partial charge is 0.181 e. The van der Waals surface area contributed by atoms with E-state index in [-0.39, 0.29) is 5.78 Å². The summed E-state index contributed by atoms with van der Waals surface area (Å²) in [6.07, 6.45) is 1.23. The maximum Gasteiger partial charge on any atom is 0.181 e. The van der Waals surface area contributed by atoms with Gasteiger partial charge >= 0.3 is 0 Å². The Labute approximate surface area is 129 Å². The van der Waals surface area contributed by atoms with Gasteiger partial charge in [-0.25, -0.2) is 0 Å². The Balaban J connectivity index is 1.90. The van der Waals surface area contributed by atoms with Crippen LogP contribution in [0.2, 0.25) is 0 Å². The van der Waals surface area contributed by atoms with E-state index in [9.17, 15) is 4.79 Å². The van der Waals surface area contributed by atoms with Crippen LogP contribution in [0.1, 0.15) is 20.8 Å². The highest BCUT2D eigenvalue weighted by molar-refractivity contribution is 9.10. The van der Waals surface area contributed by atoms with Crippen LogP contribution in [0.5, 0.6) is 11.5 Å². The van der Waals surface area contributed by atoms with Crippen molar-refractivity contribution in [2.75, 3.05) is 13.7 Å². The van der Waals surface area contributed by atoms with Crippen molar-refractivity contribution in [1.29, 1.82) is 0 Å². The molecule has 0 aliphatic carbocycles. The molecular weight excluding hydrogens is 340 g/mol. The van der Waals surface area contributed by atoms with Crippen molar-refractivity contribution in [3.05, 3.63) is 44.1 Å². The van der Waals surface area contributed by atoms with Crippen molar-refractivity contribution in [3.8, 4) is 11.5 Å². The monoisotopic (exact) mass is 352 g/mol. The molecule has 1 aliphatic heterocycles. The molecule has 0 amide bonds.